The Morgan fingerprint density at radius 1 is 1.11 bits per heavy atom. The van der Waals surface area contributed by atoms with Gasteiger partial charge in [-0.05, 0) is 62.3 Å². The second-order valence-electron chi connectivity index (χ2n) is 8.95. The number of benzene rings is 2. The van der Waals surface area contributed by atoms with Gasteiger partial charge in [-0.1, -0.05) is 42.9 Å². The van der Waals surface area contributed by atoms with E-state index < -0.39 is 10.0 Å². The lowest BCUT2D eigenvalue weighted by atomic mass is 9.96. The Morgan fingerprint density at radius 2 is 1.78 bits per heavy atom. The second-order valence-corrected chi connectivity index (χ2v) is 12.3. The zero-order valence-electron chi connectivity index (χ0n) is 21.4. The van der Waals surface area contributed by atoms with Crippen LogP contribution in [0.1, 0.15) is 26.7 Å². The highest BCUT2D eigenvalue weighted by Crippen LogP contribution is 2.34. The number of halogens is 1. The van der Waals surface area contributed by atoms with E-state index in [1.807, 2.05) is 12.1 Å². The molecule has 1 aliphatic heterocycles. The average molecular weight is 565 g/mol. The van der Waals surface area contributed by atoms with E-state index in [0.29, 0.717) is 53.9 Å². The summed E-state index contributed by atoms with van der Waals surface area (Å²) >= 11 is 7.82. The molecule has 37 heavy (non-hydrogen) atoms. The number of rotatable bonds is 10. The van der Waals surface area contributed by atoms with E-state index >= 15 is 0 Å². The quantitative estimate of drug-likeness (QED) is 0.354. The van der Waals surface area contributed by atoms with Gasteiger partial charge in [0.05, 0.1) is 21.7 Å². The summed E-state index contributed by atoms with van der Waals surface area (Å²) in [6.45, 7) is 7.83. The molecular weight excluding hydrogens is 532 g/mol. The third-order valence-electron chi connectivity index (χ3n) is 6.89. The molecule has 1 aromatic heterocycles. The van der Waals surface area contributed by atoms with Crippen LogP contribution in [-0.4, -0.2) is 74.9 Å². The van der Waals surface area contributed by atoms with Gasteiger partial charge in [-0.25, -0.2) is 13.4 Å². The lowest BCUT2D eigenvalue weighted by Crippen LogP contribution is -2.46. The average Bonchev–Trinajstić information content (AvgIpc) is 3.36. The number of hydrogen-bond acceptors (Lipinski definition) is 7. The minimum absolute atomic E-state index is 0.0103. The summed E-state index contributed by atoms with van der Waals surface area (Å²) in [4.78, 5) is 22.8. The first-order valence-corrected chi connectivity index (χ1v) is 15.1. The predicted molar refractivity (Wildman–Crippen MR) is 149 cm³/mol. The van der Waals surface area contributed by atoms with E-state index in [9.17, 15) is 13.2 Å². The van der Waals surface area contributed by atoms with Gasteiger partial charge in [-0.15, -0.1) is 0 Å². The first-order chi connectivity index (χ1) is 17.8. The van der Waals surface area contributed by atoms with Gasteiger partial charge in [0.25, 0.3) is 0 Å². The number of carbonyl (C=O) groups is 1. The molecule has 11 heteroatoms. The Bertz CT molecular complexity index is 1320. The second kappa shape index (κ2) is 12.1. The van der Waals surface area contributed by atoms with Crippen LogP contribution in [-0.2, 0) is 14.8 Å². The number of hydrogen-bond donors (Lipinski definition) is 0. The van der Waals surface area contributed by atoms with Crippen molar-refractivity contribution in [3.05, 3.63) is 47.5 Å². The molecule has 0 N–H and O–H groups in total. The van der Waals surface area contributed by atoms with Crippen LogP contribution in [0.4, 0.5) is 5.13 Å². The number of amides is 1. The van der Waals surface area contributed by atoms with Gasteiger partial charge in [-0.3, -0.25) is 9.69 Å². The van der Waals surface area contributed by atoms with Crippen molar-refractivity contribution in [1.29, 1.82) is 0 Å². The Kier molecular flexibility index (Phi) is 9.07. The van der Waals surface area contributed by atoms with Gasteiger partial charge in [-0.2, -0.15) is 4.31 Å². The van der Waals surface area contributed by atoms with Gasteiger partial charge < -0.3 is 9.64 Å². The Balaban J connectivity index is 1.51. The molecule has 3 aromatic rings. The molecule has 8 nitrogen and oxygen atoms in total. The number of likely N-dealkylation sites (N-methyl/N-ethyl adjacent to an activating group) is 1. The maximum absolute atomic E-state index is 13.8. The van der Waals surface area contributed by atoms with Crippen molar-refractivity contribution < 1.29 is 17.9 Å². The largest absolute Gasteiger partial charge is 0.497 e. The Morgan fingerprint density at radius 3 is 2.38 bits per heavy atom. The molecule has 1 saturated heterocycles. The number of anilines is 1. The number of sulfonamides is 1. The summed E-state index contributed by atoms with van der Waals surface area (Å²) < 4.78 is 33.9. The van der Waals surface area contributed by atoms with Gasteiger partial charge in [0, 0.05) is 32.1 Å². The minimum Gasteiger partial charge on any atom is -0.497 e. The van der Waals surface area contributed by atoms with Crippen LogP contribution in [0.15, 0.2) is 47.4 Å². The van der Waals surface area contributed by atoms with Crippen molar-refractivity contribution in [2.45, 2.75) is 31.6 Å². The maximum Gasteiger partial charge on any atom is 0.243 e. The van der Waals surface area contributed by atoms with Crippen LogP contribution >= 0.6 is 22.9 Å². The fraction of sp³-hybridized carbons (Fsp3) is 0.462. The van der Waals surface area contributed by atoms with Crippen LogP contribution in [0.25, 0.3) is 10.2 Å². The van der Waals surface area contributed by atoms with E-state index in [4.69, 9.17) is 21.3 Å². The molecule has 0 bridgehead atoms. The molecule has 200 valence electrons. The Labute approximate surface area is 227 Å². The number of carbonyl (C=O) groups excluding carboxylic acids is 1. The van der Waals surface area contributed by atoms with E-state index in [1.54, 1.807) is 42.3 Å². The standard InChI is InChI=1S/C26H33ClN4O4S2/c1-4-29(5-2)17-18-31(26-28-24-22(27)7-6-8-23(24)36-26)25(32)19-13-15-30(16-14-19)37(33,34)21-11-9-20(35-3)10-12-21/h6-12,19H,4-5,13-18H2,1-3H3. The van der Waals surface area contributed by atoms with Crippen molar-refractivity contribution in [2.24, 2.45) is 5.92 Å². The van der Waals surface area contributed by atoms with Crippen LogP contribution < -0.4 is 9.64 Å². The molecule has 0 aliphatic carbocycles. The van der Waals surface area contributed by atoms with Crippen LogP contribution in [0, 0.1) is 5.92 Å². The highest BCUT2D eigenvalue weighted by Gasteiger charge is 2.35. The molecule has 1 fully saturated rings. The number of fused-ring (bicyclic) bond motifs is 1. The zero-order valence-corrected chi connectivity index (χ0v) is 23.8. The molecule has 1 aliphatic rings. The summed E-state index contributed by atoms with van der Waals surface area (Å²) in [5.41, 5.74) is 0.699. The van der Waals surface area contributed by atoms with Crippen molar-refractivity contribution >= 4 is 54.2 Å². The monoisotopic (exact) mass is 564 g/mol. The third kappa shape index (κ3) is 6.09. The number of ether oxygens (including phenoxy) is 1. The van der Waals surface area contributed by atoms with Crippen molar-refractivity contribution in [3.63, 3.8) is 0 Å². The van der Waals surface area contributed by atoms with Crippen LogP contribution in [0.2, 0.25) is 5.02 Å². The number of piperidine rings is 1. The summed E-state index contributed by atoms with van der Waals surface area (Å²) in [6.07, 6.45) is 0.920. The van der Waals surface area contributed by atoms with Crippen molar-refractivity contribution in [3.8, 4) is 5.75 Å². The van der Waals surface area contributed by atoms with E-state index in [1.165, 1.54) is 15.6 Å². The van der Waals surface area contributed by atoms with E-state index in [-0.39, 0.29) is 16.7 Å². The van der Waals surface area contributed by atoms with Gasteiger partial charge >= 0.3 is 0 Å². The SMILES string of the molecule is CCN(CC)CCN(C(=O)C1CCN(S(=O)(=O)c2ccc(OC)cc2)CC1)c1nc2c(Cl)cccc2s1. The maximum atomic E-state index is 13.8. The summed E-state index contributed by atoms with van der Waals surface area (Å²) in [7, 11) is -2.10. The smallest absolute Gasteiger partial charge is 0.243 e. The van der Waals surface area contributed by atoms with Crippen molar-refractivity contribution in [2.75, 3.05) is 51.3 Å². The Hall–Kier alpha value is -2.24. The van der Waals surface area contributed by atoms with Gasteiger partial charge in [0.15, 0.2) is 5.13 Å². The molecule has 0 saturated carbocycles. The van der Waals surface area contributed by atoms with Gasteiger partial charge in [0.2, 0.25) is 15.9 Å². The fourth-order valence-corrected chi connectivity index (χ4v) is 7.33. The number of methoxy groups -OCH3 is 1. The number of thiazole rings is 1. The molecule has 0 atom stereocenters. The first kappa shape index (κ1) is 27.8. The predicted octanol–water partition coefficient (Wildman–Crippen LogP) is 4.73. The van der Waals surface area contributed by atoms with Gasteiger partial charge in [0.1, 0.15) is 11.3 Å². The molecule has 2 aromatic carbocycles. The third-order valence-corrected chi connectivity index (χ3v) is 10.2. The number of aromatic nitrogens is 1. The molecule has 1 amide bonds. The first-order valence-electron chi connectivity index (χ1n) is 12.5. The lowest BCUT2D eigenvalue weighted by molar-refractivity contribution is -0.123. The minimum atomic E-state index is -3.64. The van der Waals surface area contributed by atoms with Crippen LogP contribution in [0.3, 0.4) is 0 Å². The molecule has 0 spiro atoms. The normalized spacial score (nSPS) is 15.4. The molecule has 4 rings (SSSR count). The molecule has 0 unspecified atom stereocenters. The van der Waals surface area contributed by atoms with E-state index in [2.05, 4.69) is 18.7 Å². The van der Waals surface area contributed by atoms with Crippen molar-refractivity contribution in [1.82, 2.24) is 14.2 Å². The number of para-hydroxylation sites is 1. The summed E-state index contributed by atoms with van der Waals surface area (Å²) in [5, 5.41) is 1.20. The molecule has 0 radical (unpaired) electrons. The zero-order chi connectivity index (χ0) is 26.6. The van der Waals surface area contributed by atoms with Crippen LogP contribution in [0.5, 0.6) is 5.75 Å². The molecular formula is C26H33ClN4O4S2. The van der Waals surface area contributed by atoms with E-state index in [0.717, 1.165) is 24.3 Å². The highest BCUT2D eigenvalue weighted by molar-refractivity contribution is 7.89. The summed E-state index contributed by atoms with van der Waals surface area (Å²) in [6, 6.07) is 12.0. The fourth-order valence-electron chi connectivity index (χ4n) is 4.56. The number of nitrogens with zero attached hydrogens (tertiary/aromatic N) is 4. The molecule has 2 heterocycles. The topological polar surface area (TPSA) is 83.0 Å². The lowest BCUT2D eigenvalue weighted by Gasteiger charge is -2.33. The summed E-state index contributed by atoms with van der Waals surface area (Å²) in [5.74, 6) is 0.314. The highest BCUT2D eigenvalue weighted by atomic mass is 35.5.